The number of Topliss-reactive ketones (excluding diaryl/α,β-unsaturated/α-hetero) is 1. The van der Waals surface area contributed by atoms with Crippen LogP contribution in [0.3, 0.4) is 0 Å². The van der Waals surface area contributed by atoms with E-state index in [1.54, 1.807) is 18.0 Å². The zero-order valence-electron chi connectivity index (χ0n) is 8.00. The lowest BCUT2D eigenvalue weighted by atomic mass is 10.2. The smallest absolute Gasteiger partial charge is 0.148 e. The molecule has 1 heterocycles. The minimum absolute atomic E-state index is 0.242. The first-order valence-corrected chi connectivity index (χ1v) is 6.37. The van der Waals surface area contributed by atoms with Crippen molar-refractivity contribution in [3.8, 4) is 0 Å². The number of nitrogens with zero attached hydrogens (tertiary/aromatic N) is 1. The van der Waals surface area contributed by atoms with Gasteiger partial charge >= 0.3 is 0 Å². The molecule has 0 aromatic carbocycles. The van der Waals surface area contributed by atoms with Gasteiger partial charge in [0.15, 0.2) is 0 Å². The highest BCUT2D eigenvalue weighted by Gasteiger charge is 2.03. The van der Waals surface area contributed by atoms with Crippen LogP contribution in [-0.2, 0) is 11.2 Å². The molecule has 2 nitrogen and oxygen atoms in total. The summed E-state index contributed by atoms with van der Waals surface area (Å²) in [4.78, 5) is 15.5. The maximum atomic E-state index is 11.4. The average molecular weight is 274 g/mol. The monoisotopic (exact) mass is 273 g/mol. The van der Waals surface area contributed by atoms with Crippen molar-refractivity contribution in [2.45, 2.75) is 13.3 Å². The summed E-state index contributed by atoms with van der Waals surface area (Å²) in [6.45, 7) is 2.05. The molecule has 1 aromatic rings. The van der Waals surface area contributed by atoms with Crippen LogP contribution in [0.25, 0.3) is 0 Å². The lowest BCUT2D eigenvalue weighted by Gasteiger charge is -1.99. The molecule has 0 aliphatic heterocycles. The van der Waals surface area contributed by atoms with Gasteiger partial charge in [-0.25, -0.2) is 0 Å². The first-order chi connectivity index (χ1) is 6.72. The van der Waals surface area contributed by atoms with E-state index in [1.807, 2.05) is 12.1 Å². The molecule has 0 amide bonds. The fourth-order valence-electron chi connectivity index (χ4n) is 0.980. The van der Waals surface area contributed by atoms with Crippen LogP contribution in [0, 0.1) is 0 Å². The van der Waals surface area contributed by atoms with Gasteiger partial charge in [-0.2, -0.15) is 11.8 Å². The molecule has 0 atom stereocenters. The Bertz CT molecular complexity index is 299. The van der Waals surface area contributed by atoms with E-state index in [0.717, 1.165) is 15.9 Å². The van der Waals surface area contributed by atoms with E-state index in [1.165, 1.54) is 0 Å². The Kier molecular flexibility index (Phi) is 5.19. The second kappa shape index (κ2) is 6.19. The van der Waals surface area contributed by atoms with E-state index in [9.17, 15) is 4.79 Å². The number of halogens is 1. The Labute approximate surface area is 96.6 Å². The lowest BCUT2D eigenvalue weighted by molar-refractivity contribution is -0.116. The molecule has 0 spiro atoms. The standard InChI is InChI=1S/C10H12BrNOS/c1-2-14-7-10(13)5-9-4-3-8(11)6-12-9/h3-4,6H,2,5,7H2,1H3. The SMILES string of the molecule is CCSCC(=O)Cc1ccc(Br)cn1. The van der Waals surface area contributed by atoms with Crippen molar-refractivity contribution < 1.29 is 4.79 Å². The normalized spacial score (nSPS) is 10.1. The highest BCUT2D eigenvalue weighted by atomic mass is 79.9. The van der Waals surface area contributed by atoms with Gasteiger partial charge in [0.1, 0.15) is 5.78 Å². The van der Waals surface area contributed by atoms with Crippen LogP contribution in [0.4, 0.5) is 0 Å². The van der Waals surface area contributed by atoms with Crippen molar-refractivity contribution in [1.29, 1.82) is 0 Å². The maximum Gasteiger partial charge on any atom is 0.148 e. The molecule has 0 aliphatic rings. The van der Waals surface area contributed by atoms with Crippen LogP contribution >= 0.6 is 27.7 Å². The first kappa shape index (κ1) is 11.7. The van der Waals surface area contributed by atoms with Gasteiger partial charge < -0.3 is 0 Å². The van der Waals surface area contributed by atoms with Crippen LogP contribution in [0.2, 0.25) is 0 Å². The third kappa shape index (κ3) is 4.24. The number of aromatic nitrogens is 1. The number of ketones is 1. The summed E-state index contributed by atoms with van der Waals surface area (Å²) in [7, 11) is 0. The van der Waals surface area contributed by atoms with E-state index in [0.29, 0.717) is 12.2 Å². The van der Waals surface area contributed by atoms with Crippen LogP contribution in [0.5, 0.6) is 0 Å². The van der Waals surface area contributed by atoms with Crippen LogP contribution in [0.15, 0.2) is 22.8 Å². The third-order valence-electron chi connectivity index (χ3n) is 1.63. The van der Waals surface area contributed by atoms with Gasteiger partial charge in [0.25, 0.3) is 0 Å². The zero-order valence-corrected chi connectivity index (χ0v) is 10.4. The number of carbonyl (C=O) groups is 1. The average Bonchev–Trinajstić information content (AvgIpc) is 2.18. The summed E-state index contributed by atoms with van der Waals surface area (Å²) in [5.41, 5.74) is 0.843. The van der Waals surface area contributed by atoms with Gasteiger partial charge in [0.05, 0.1) is 5.75 Å². The van der Waals surface area contributed by atoms with Gasteiger partial charge in [-0.3, -0.25) is 9.78 Å². The van der Waals surface area contributed by atoms with Gasteiger partial charge in [-0.15, -0.1) is 0 Å². The lowest BCUT2D eigenvalue weighted by Crippen LogP contribution is -2.07. The molecule has 76 valence electrons. The molecular weight excluding hydrogens is 262 g/mol. The number of rotatable bonds is 5. The van der Waals surface area contributed by atoms with Gasteiger partial charge in [-0.1, -0.05) is 6.92 Å². The fraction of sp³-hybridized carbons (Fsp3) is 0.400. The van der Waals surface area contributed by atoms with Crippen molar-refractivity contribution in [3.05, 3.63) is 28.5 Å². The molecule has 1 aromatic heterocycles. The van der Waals surface area contributed by atoms with Crippen LogP contribution < -0.4 is 0 Å². The van der Waals surface area contributed by atoms with Gasteiger partial charge in [0.2, 0.25) is 0 Å². The Morgan fingerprint density at radius 3 is 2.93 bits per heavy atom. The molecule has 0 radical (unpaired) electrons. The topological polar surface area (TPSA) is 30.0 Å². The van der Waals surface area contributed by atoms with Gasteiger partial charge in [0, 0.05) is 22.8 Å². The number of thioether (sulfide) groups is 1. The largest absolute Gasteiger partial charge is 0.298 e. The van der Waals surface area contributed by atoms with Crippen molar-refractivity contribution in [3.63, 3.8) is 0 Å². The molecular formula is C10H12BrNOS. The molecule has 0 N–H and O–H groups in total. The summed E-state index contributed by atoms with van der Waals surface area (Å²) >= 11 is 4.95. The summed E-state index contributed by atoms with van der Waals surface area (Å²) in [6, 6.07) is 3.78. The predicted molar refractivity (Wildman–Crippen MR) is 63.6 cm³/mol. The summed E-state index contributed by atoms with van der Waals surface area (Å²) in [5, 5.41) is 0. The minimum Gasteiger partial charge on any atom is -0.298 e. The van der Waals surface area contributed by atoms with E-state index in [4.69, 9.17) is 0 Å². The molecule has 14 heavy (non-hydrogen) atoms. The highest BCUT2D eigenvalue weighted by Crippen LogP contribution is 2.08. The van der Waals surface area contributed by atoms with Gasteiger partial charge in [-0.05, 0) is 33.8 Å². The van der Waals surface area contributed by atoms with Crippen LogP contribution in [-0.4, -0.2) is 22.3 Å². The molecule has 0 saturated carbocycles. The molecule has 1 rings (SSSR count). The van der Waals surface area contributed by atoms with Crippen molar-refractivity contribution in [1.82, 2.24) is 4.98 Å². The summed E-state index contributed by atoms with van der Waals surface area (Å²) < 4.78 is 0.941. The number of hydrogen-bond donors (Lipinski definition) is 0. The summed E-state index contributed by atoms with van der Waals surface area (Å²) in [5.74, 6) is 1.82. The Morgan fingerprint density at radius 1 is 1.57 bits per heavy atom. The third-order valence-corrected chi connectivity index (χ3v) is 3.04. The van der Waals surface area contributed by atoms with E-state index < -0.39 is 0 Å². The molecule has 0 bridgehead atoms. The van der Waals surface area contributed by atoms with E-state index >= 15 is 0 Å². The molecule has 0 fully saturated rings. The number of carbonyl (C=O) groups excluding carboxylic acids is 1. The zero-order chi connectivity index (χ0) is 10.4. The van der Waals surface area contributed by atoms with E-state index in [2.05, 4.69) is 27.8 Å². The Hall–Kier alpha value is -0.350. The molecule has 0 aliphatic carbocycles. The Morgan fingerprint density at radius 2 is 2.36 bits per heavy atom. The van der Waals surface area contributed by atoms with Crippen molar-refractivity contribution in [2.24, 2.45) is 0 Å². The van der Waals surface area contributed by atoms with E-state index in [-0.39, 0.29) is 5.78 Å². The highest BCUT2D eigenvalue weighted by molar-refractivity contribution is 9.10. The first-order valence-electron chi connectivity index (χ1n) is 4.42. The molecule has 0 saturated heterocycles. The van der Waals surface area contributed by atoms with Crippen molar-refractivity contribution in [2.75, 3.05) is 11.5 Å². The second-order valence-corrected chi connectivity index (χ2v) is 5.01. The number of hydrogen-bond acceptors (Lipinski definition) is 3. The maximum absolute atomic E-state index is 11.4. The minimum atomic E-state index is 0.242. The fourth-order valence-corrected chi connectivity index (χ4v) is 1.75. The van der Waals surface area contributed by atoms with Crippen molar-refractivity contribution >= 4 is 33.5 Å². The predicted octanol–water partition coefficient (Wildman–Crippen LogP) is 2.71. The number of pyridine rings is 1. The molecule has 0 unspecified atom stereocenters. The quantitative estimate of drug-likeness (QED) is 0.827. The second-order valence-electron chi connectivity index (χ2n) is 2.82. The summed E-state index contributed by atoms with van der Waals surface area (Å²) in [6.07, 6.45) is 2.16. The Balaban J connectivity index is 2.44. The van der Waals surface area contributed by atoms with Crippen LogP contribution in [0.1, 0.15) is 12.6 Å². The molecule has 4 heteroatoms.